The molecule has 2 nitrogen and oxygen atoms in total. The van der Waals surface area contributed by atoms with Crippen molar-refractivity contribution in [3.8, 4) is 0 Å². The van der Waals surface area contributed by atoms with E-state index in [9.17, 15) is 4.79 Å². The molecule has 0 aromatic carbocycles. The van der Waals surface area contributed by atoms with Crippen LogP contribution in [0.5, 0.6) is 0 Å². The molecule has 0 aliphatic heterocycles. The summed E-state index contributed by atoms with van der Waals surface area (Å²) in [4.78, 5) is 11.4. The molecule has 3 heteroatoms. The average Bonchev–Trinajstić information content (AvgIpc) is 2.29. The van der Waals surface area contributed by atoms with Crippen molar-refractivity contribution in [2.75, 3.05) is 11.0 Å². The summed E-state index contributed by atoms with van der Waals surface area (Å²) >= 11 is 2.41. The summed E-state index contributed by atoms with van der Waals surface area (Å²) in [6.45, 7) is 3.06. The number of hydrogen-bond donors (Lipinski definition) is 1. The summed E-state index contributed by atoms with van der Waals surface area (Å²) in [5, 5.41) is 3.00. The highest BCUT2D eigenvalue weighted by Gasteiger charge is 1.99. The molecule has 0 radical (unpaired) electrons. The number of nitrogens with one attached hydrogen (secondary N) is 1. The smallest absolute Gasteiger partial charge is 0.219 e. The minimum absolute atomic E-state index is 0.241. The van der Waals surface area contributed by atoms with Crippen molar-refractivity contribution in [1.82, 2.24) is 5.32 Å². The van der Waals surface area contributed by atoms with Crippen molar-refractivity contribution >= 4 is 28.5 Å². The monoisotopic (exact) mass is 339 g/mol. The van der Waals surface area contributed by atoms with Gasteiger partial charge in [0, 0.05) is 13.0 Å². The fourth-order valence-electron chi connectivity index (χ4n) is 1.60. The molecule has 0 aliphatic carbocycles. The number of unbranched alkanes of at least 4 members (excludes halogenated alkanes) is 6. The van der Waals surface area contributed by atoms with Gasteiger partial charge in [0.2, 0.25) is 5.91 Å². The Morgan fingerprint density at radius 1 is 1.00 bits per heavy atom. The molecule has 0 saturated carbocycles. The fourth-order valence-corrected chi connectivity index (χ4v) is 2.14. The third kappa shape index (κ3) is 12.3. The molecule has 0 atom stereocenters. The molecule has 16 heavy (non-hydrogen) atoms. The fraction of sp³-hybridized carbons (Fsp3) is 0.923. The maximum Gasteiger partial charge on any atom is 0.219 e. The molecule has 0 spiro atoms. The summed E-state index contributed by atoms with van der Waals surface area (Å²) in [6.07, 6.45) is 10.4. The molecule has 1 N–H and O–H groups in total. The van der Waals surface area contributed by atoms with Gasteiger partial charge in [0.05, 0.1) is 0 Å². The molecular weight excluding hydrogens is 313 g/mol. The lowest BCUT2D eigenvalue weighted by Gasteiger charge is -2.04. The summed E-state index contributed by atoms with van der Waals surface area (Å²) in [7, 11) is 0. The molecule has 0 rings (SSSR count). The largest absolute Gasteiger partial charge is 0.356 e. The first-order valence-corrected chi connectivity index (χ1v) is 8.16. The Morgan fingerprint density at radius 3 is 2.38 bits per heavy atom. The van der Waals surface area contributed by atoms with Crippen molar-refractivity contribution in [2.24, 2.45) is 0 Å². The Bertz CT molecular complexity index is 162. The second-order valence-electron chi connectivity index (χ2n) is 4.26. The van der Waals surface area contributed by atoms with Crippen molar-refractivity contribution < 1.29 is 4.79 Å². The highest BCUT2D eigenvalue weighted by molar-refractivity contribution is 14.1. The van der Waals surface area contributed by atoms with E-state index in [4.69, 9.17) is 0 Å². The SMILES string of the molecule is CCCCCCC(=O)NCCCCCCI. The van der Waals surface area contributed by atoms with Gasteiger partial charge in [0.1, 0.15) is 0 Å². The van der Waals surface area contributed by atoms with Gasteiger partial charge in [0.25, 0.3) is 0 Å². The number of hydrogen-bond acceptors (Lipinski definition) is 1. The first-order valence-electron chi connectivity index (χ1n) is 6.64. The number of amides is 1. The summed E-state index contributed by atoms with van der Waals surface area (Å²) in [5.41, 5.74) is 0. The van der Waals surface area contributed by atoms with Gasteiger partial charge in [0.15, 0.2) is 0 Å². The van der Waals surface area contributed by atoms with Crippen LogP contribution in [0.2, 0.25) is 0 Å². The quantitative estimate of drug-likeness (QED) is 0.343. The normalized spacial score (nSPS) is 10.4. The van der Waals surface area contributed by atoms with E-state index in [-0.39, 0.29) is 5.91 Å². The molecular formula is C13H26INO. The van der Waals surface area contributed by atoms with E-state index in [0.29, 0.717) is 6.42 Å². The van der Waals surface area contributed by atoms with Crippen LogP contribution in [0, 0.1) is 0 Å². The Balaban J connectivity index is 3.11. The molecule has 1 amide bonds. The lowest BCUT2D eigenvalue weighted by Crippen LogP contribution is -2.23. The second-order valence-corrected chi connectivity index (χ2v) is 5.34. The topological polar surface area (TPSA) is 29.1 Å². The van der Waals surface area contributed by atoms with Crippen LogP contribution in [-0.2, 0) is 4.79 Å². The van der Waals surface area contributed by atoms with Gasteiger partial charge in [-0.2, -0.15) is 0 Å². The third-order valence-corrected chi connectivity index (χ3v) is 3.40. The van der Waals surface area contributed by atoms with Crippen molar-refractivity contribution in [3.05, 3.63) is 0 Å². The number of carbonyl (C=O) groups excluding carboxylic acids is 1. The zero-order valence-electron chi connectivity index (χ0n) is 10.6. The van der Waals surface area contributed by atoms with Crippen molar-refractivity contribution in [3.63, 3.8) is 0 Å². The first-order chi connectivity index (χ1) is 7.81. The third-order valence-electron chi connectivity index (χ3n) is 2.64. The van der Waals surface area contributed by atoms with E-state index in [1.54, 1.807) is 0 Å². The van der Waals surface area contributed by atoms with Gasteiger partial charge in [-0.25, -0.2) is 0 Å². The van der Waals surface area contributed by atoms with Crippen LogP contribution < -0.4 is 5.32 Å². The van der Waals surface area contributed by atoms with Gasteiger partial charge in [-0.1, -0.05) is 61.6 Å². The van der Waals surface area contributed by atoms with E-state index >= 15 is 0 Å². The standard InChI is InChI=1S/C13H26INO/c1-2-3-4-7-10-13(16)15-12-9-6-5-8-11-14/h2-12H2,1H3,(H,15,16). The van der Waals surface area contributed by atoms with Crippen LogP contribution in [0.4, 0.5) is 0 Å². The maximum atomic E-state index is 11.4. The molecule has 0 saturated heterocycles. The highest BCUT2D eigenvalue weighted by atomic mass is 127. The predicted molar refractivity (Wildman–Crippen MR) is 79.1 cm³/mol. The zero-order chi connectivity index (χ0) is 12.1. The highest BCUT2D eigenvalue weighted by Crippen LogP contribution is 2.03. The summed E-state index contributed by atoms with van der Waals surface area (Å²) in [5.74, 6) is 0.241. The lowest BCUT2D eigenvalue weighted by molar-refractivity contribution is -0.121. The van der Waals surface area contributed by atoms with Crippen LogP contribution in [0.3, 0.4) is 0 Å². The Labute approximate surface area is 114 Å². The van der Waals surface area contributed by atoms with Crippen LogP contribution >= 0.6 is 22.6 Å². The Kier molecular flexibility index (Phi) is 13.4. The van der Waals surface area contributed by atoms with Crippen LogP contribution in [-0.4, -0.2) is 16.9 Å². The molecule has 0 unspecified atom stereocenters. The van der Waals surface area contributed by atoms with E-state index in [1.165, 1.54) is 43.0 Å². The van der Waals surface area contributed by atoms with E-state index in [1.807, 2.05) is 0 Å². The molecule has 0 fully saturated rings. The Morgan fingerprint density at radius 2 is 1.69 bits per heavy atom. The number of rotatable bonds is 11. The van der Waals surface area contributed by atoms with Gasteiger partial charge in [-0.05, 0) is 23.7 Å². The van der Waals surface area contributed by atoms with Gasteiger partial charge < -0.3 is 5.32 Å². The van der Waals surface area contributed by atoms with Gasteiger partial charge in [-0.15, -0.1) is 0 Å². The second kappa shape index (κ2) is 13.3. The molecule has 0 aromatic rings. The minimum atomic E-state index is 0.241. The minimum Gasteiger partial charge on any atom is -0.356 e. The van der Waals surface area contributed by atoms with Gasteiger partial charge in [-0.3, -0.25) is 4.79 Å². The van der Waals surface area contributed by atoms with Crippen molar-refractivity contribution in [1.29, 1.82) is 0 Å². The number of carbonyl (C=O) groups is 1. The van der Waals surface area contributed by atoms with E-state index in [2.05, 4.69) is 34.8 Å². The molecule has 0 bridgehead atoms. The Hall–Kier alpha value is 0.200. The van der Waals surface area contributed by atoms with Crippen LogP contribution in [0.25, 0.3) is 0 Å². The van der Waals surface area contributed by atoms with Gasteiger partial charge >= 0.3 is 0 Å². The molecule has 96 valence electrons. The van der Waals surface area contributed by atoms with E-state index in [0.717, 1.165) is 19.4 Å². The van der Waals surface area contributed by atoms with Crippen molar-refractivity contribution in [2.45, 2.75) is 64.7 Å². The first kappa shape index (κ1) is 16.2. The number of halogens is 1. The van der Waals surface area contributed by atoms with E-state index < -0.39 is 0 Å². The molecule has 0 heterocycles. The number of alkyl halides is 1. The zero-order valence-corrected chi connectivity index (χ0v) is 12.7. The maximum absolute atomic E-state index is 11.4. The summed E-state index contributed by atoms with van der Waals surface area (Å²) in [6, 6.07) is 0. The van der Waals surface area contributed by atoms with Crippen LogP contribution in [0.15, 0.2) is 0 Å². The molecule has 0 aromatic heterocycles. The average molecular weight is 339 g/mol. The summed E-state index contributed by atoms with van der Waals surface area (Å²) < 4.78 is 1.25. The molecule has 0 aliphatic rings. The van der Waals surface area contributed by atoms with Crippen LogP contribution in [0.1, 0.15) is 64.7 Å². The predicted octanol–water partition coefficient (Wildman–Crippen LogP) is 4.07. The lowest BCUT2D eigenvalue weighted by atomic mass is 10.1.